The first kappa shape index (κ1) is 12.9. The SMILES string of the molecule is CC1CCc2cc(OC/C(=C\F)CN)ccc2N1. The van der Waals surface area contributed by atoms with Crippen molar-refractivity contribution in [2.45, 2.75) is 25.8 Å². The lowest BCUT2D eigenvalue weighted by Gasteiger charge is -2.24. The molecule has 1 aliphatic heterocycles. The number of hydrogen-bond acceptors (Lipinski definition) is 3. The van der Waals surface area contributed by atoms with Gasteiger partial charge in [-0.2, -0.15) is 0 Å². The highest BCUT2D eigenvalue weighted by atomic mass is 19.1. The Bertz CT molecular complexity index is 445. The monoisotopic (exact) mass is 250 g/mol. The number of nitrogens with two attached hydrogens (primary N) is 1. The summed E-state index contributed by atoms with van der Waals surface area (Å²) in [4.78, 5) is 0. The summed E-state index contributed by atoms with van der Waals surface area (Å²) < 4.78 is 17.9. The van der Waals surface area contributed by atoms with Crippen molar-refractivity contribution >= 4 is 5.69 Å². The maximum absolute atomic E-state index is 12.3. The van der Waals surface area contributed by atoms with Crippen molar-refractivity contribution in [3.8, 4) is 5.75 Å². The molecule has 0 spiro atoms. The second kappa shape index (κ2) is 5.87. The zero-order valence-corrected chi connectivity index (χ0v) is 10.6. The molecule has 1 unspecified atom stereocenters. The van der Waals surface area contributed by atoms with Crippen molar-refractivity contribution in [2.24, 2.45) is 5.73 Å². The van der Waals surface area contributed by atoms with E-state index < -0.39 is 0 Å². The van der Waals surface area contributed by atoms with Crippen LogP contribution in [0.2, 0.25) is 0 Å². The summed E-state index contributed by atoms with van der Waals surface area (Å²) in [5.74, 6) is 0.762. The first-order valence-corrected chi connectivity index (χ1v) is 6.23. The molecule has 1 aromatic carbocycles. The van der Waals surface area contributed by atoms with Crippen molar-refractivity contribution in [2.75, 3.05) is 18.5 Å². The fraction of sp³-hybridized carbons (Fsp3) is 0.429. The Balaban J connectivity index is 2.03. The molecule has 1 heterocycles. The summed E-state index contributed by atoms with van der Waals surface area (Å²) >= 11 is 0. The molecule has 0 amide bonds. The van der Waals surface area contributed by atoms with E-state index in [1.54, 1.807) is 0 Å². The van der Waals surface area contributed by atoms with E-state index in [0.29, 0.717) is 17.9 Å². The van der Waals surface area contributed by atoms with Crippen molar-refractivity contribution in [3.63, 3.8) is 0 Å². The van der Waals surface area contributed by atoms with Gasteiger partial charge >= 0.3 is 0 Å². The predicted molar refractivity (Wildman–Crippen MR) is 71.6 cm³/mol. The van der Waals surface area contributed by atoms with Crippen molar-refractivity contribution in [1.29, 1.82) is 0 Å². The molecule has 0 bridgehead atoms. The van der Waals surface area contributed by atoms with Gasteiger partial charge in [-0.15, -0.1) is 0 Å². The maximum atomic E-state index is 12.3. The molecule has 2 rings (SSSR count). The van der Waals surface area contributed by atoms with Crippen LogP contribution in [-0.4, -0.2) is 19.2 Å². The Kier molecular flexibility index (Phi) is 4.20. The molecule has 0 aromatic heterocycles. The Labute approximate surface area is 107 Å². The third kappa shape index (κ3) is 3.01. The Morgan fingerprint density at radius 1 is 1.61 bits per heavy atom. The van der Waals surface area contributed by atoms with Crippen LogP contribution in [0.5, 0.6) is 5.75 Å². The van der Waals surface area contributed by atoms with Crippen molar-refractivity contribution < 1.29 is 9.13 Å². The van der Waals surface area contributed by atoms with Gasteiger partial charge in [-0.05, 0) is 43.5 Å². The lowest BCUT2D eigenvalue weighted by molar-refractivity contribution is 0.347. The van der Waals surface area contributed by atoms with Crippen molar-refractivity contribution in [3.05, 3.63) is 35.7 Å². The lowest BCUT2D eigenvalue weighted by atomic mass is 9.99. The van der Waals surface area contributed by atoms with E-state index >= 15 is 0 Å². The smallest absolute Gasteiger partial charge is 0.120 e. The topological polar surface area (TPSA) is 47.3 Å². The van der Waals surface area contributed by atoms with Crippen LogP contribution in [0, 0.1) is 0 Å². The summed E-state index contributed by atoms with van der Waals surface area (Å²) in [6.07, 6.45) is 2.68. The molecule has 0 saturated carbocycles. The van der Waals surface area contributed by atoms with Crippen LogP contribution in [0.15, 0.2) is 30.1 Å². The zero-order valence-electron chi connectivity index (χ0n) is 10.6. The van der Waals surface area contributed by atoms with Crippen LogP contribution in [0.25, 0.3) is 0 Å². The van der Waals surface area contributed by atoms with Crippen LogP contribution in [0.1, 0.15) is 18.9 Å². The van der Waals surface area contributed by atoms with E-state index in [-0.39, 0.29) is 13.2 Å². The highest BCUT2D eigenvalue weighted by molar-refractivity contribution is 5.56. The van der Waals surface area contributed by atoms with E-state index in [1.807, 2.05) is 18.2 Å². The number of ether oxygens (including phenoxy) is 1. The van der Waals surface area contributed by atoms with Gasteiger partial charge < -0.3 is 15.8 Å². The molecule has 0 saturated heterocycles. The summed E-state index contributed by atoms with van der Waals surface area (Å²) in [5.41, 5.74) is 8.25. The summed E-state index contributed by atoms with van der Waals surface area (Å²) in [5, 5.41) is 3.43. The molecule has 98 valence electrons. The second-order valence-corrected chi connectivity index (χ2v) is 4.66. The molecular formula is C14H19FN2O. The number of hydrogen-bond donors (Lipinski definition) is 2. The Morgan fingerprint density at radius 3 is 3.17 bits per heavy atom. The van der Waals surface area contributed by atoms with E-state index in [2.05, 4.69) is 12.2 Å². The van der Waals surface area contributed by atoms with Gasteiger partial charge in [-0.1, -0.05) is 0 Å². The fourth-order valence-electron chi connectivity index (χ4n) is 2.03. The highest BCUT2D eigenvalue weighted by Crippen LogP contribution is 2.28. The average molecular weight is 250 g/mol. The summed E-state index contributed by atoms with van der Waals surface area (Å²) in [7, 11) is 0. The molecule has 1 aliphatic rings. The normalized spacial score (nSPS) is 19.1. The Hall–Kier alpha value is -1.55. The summed E-state index contributed by atoms with van der Waals surface area (Å²) in [6.45, 7) is 2.56. The molecule has 3 N–H and O–H groups in total. The zero-order chi connectivity index (χ0) is 13.0. The lowest BCUT2D eigenvalue weighted by Crippen LogP contribution is -2.21. The van der Waals surface area contributed by atoms with E-state index in [9.17, 15) is 4.39 Å². The first-order chi connectivity index (χ1) is 8.72. The minimum Gasteiger partial charge on any atom is -0.489 e. The van der Waals surface area contributed by atoms with Gasteiger partial charge in [-0.3, -0.25) is 0 Å². The number of fused-ring (bicyclic) bond motifs is 1. The minimum atomic E-state index is 0.181. The second-order valence-electron chi connectivity index (χ2n) is 4.66. The van der Waals surface area contributed by atoms with Gasteiger partial charge in [0, 0.05) is 23.8 Å². The maximum Gasteiger partial charge on any atom is 0.120 e. The molecule has 0 fully saturated rings. The number of nitrogens with one attached hydrogen (secondary N) is 1. The van der Waals surface area contributed by atoms with Crippen LogP contribution in [-0.2, 0) is 6.42 Å². The minimum absolute atomic E-state index is 0.181. The van der Waals surface area contributed by atoms with Crippen LogP contribution < -0.4 is 15.8 Å². The molecule has 1 aromatic rings. The van der Waals surface area contributed by atoms with E-state index in [1.165, 1.54) is 11.3 Å². The molecule has 18 heavy (non-hydrogen) atoms. The van der Waals surface area contributed by atoms with Crippen molar-refractivity contribution in [1.82, 2.24) is 0 Å². The van der Waals surface area contributed by atoms with Gasteiger partial charge in [0.25, 0.3) is 0 Å². The number of aryl methyl sites for hydroxylation is 1. The standard InChI is InChI=1S/C14H19FN2O/c1-10-2-3-12-6-13(4-5-14(12)17-10)18-9-11(7-15)8-16/h4-7,10,17H,2-3,8-9,16H2,1H3/b11-7-. The fourth-order valence-corrected chi connectivity index (χ4v) is 2.03. The molecule has 1 atom stereocenters. The van der Waals surface area contributed by atoms with Crippen LogP contribution in [0.4, 0.5) is 10.1 Å². The van der Waals surface area contributed by atoms with Gasteiger partial charge in [-0.25, -0.2) is 4.39 Å². The van der Waals surface area contributed by atoms with Gasteiger partial charge in [0.2, 0.25) is 0 Å². The first-order valence-electron chi connectivity index (χ1n) is 6.23. The number of rotatable bonds is 4. The molecule has 4 heteroatoms. The van der Waals surface area contributed by atoms with Crippen LogP contribution >= 0.6 is 0 Å². The number of benzene rings is 1. The Morgan fingerprint density at radius 2 is 2.44 bits per heavy atom. The third-order valence-electron chi connectivity index (χ3n) is 3.17. The van der Waals surface area contributed by atoms with E-state index in [4.69, 9.17) is 10.5 Å². The number of halogens is 1. The van der Waals surface area contributed by atoms with Gasteiger partial charge in [0.1, 0.15) is 12.4 Å². The molecule has 3 nitrogen and oxygen atoms in total. The highest BCUT2D eigenvalue weighted by Gasteiger charge is 2.14. The van der Waals surface area contributed by atoms with Gasteiger partial charge in [0.05, 0.1) is 6.33 Å². The molecule has 0 aliphatic carbocycles. The molecule has 0 radical (unpaired) electrons. The van der Waals surface area contributed by atoms with Crippen LogP contribution in [0.3, 0.4) is 0 Å². The predicted octanol–water partition coefficient (Wildman–Crippen LogP) is 2.62. The molecular weight excluding hydrogens is 231 g/mol. The largest absolute Gasteiger partial charge is 0.489 e. The third-order valence-corrected chi connectivity index (χ3v) is 3.17. The average Bonchev–Trinajstić information content (AvgIpc) is 2.40. The van der Waals surface area contributed by atoms with E-state index in [0.717, 1.165) is 18.6 Å². The quantitative estimate of drug-likeness (QED) is 0.863. The number of anilines is 1. The summed E-state index contributed by atoms with van der Waals surface area (Å²) in [6, 6.07) is 6.45. The van der Waals surface area contributed by atoms with Gasteiger partial charge in [0.15, 0.2) is 0 Å².